The maximum atomic E-state index is 11.1. The number of likely N-dealkylation sites (tertiary alicyclic amines) is 1. The third-order valence-electron chi connectivity index (χ3n) is 3.80. The summed E-state index contributed by atoms with van der Waals surface area (Å²) in [7, 11) is -1.33. The van der Waals surface area contributed by atoms with Crippen molar-refractivity contribution in [1.29, 1.82) is 0 Å². The first-order valence-corrected chi connectivity index (χ1v) is 11.4. The second kappa shape index (κ2) is 7.13. The summed E-state index contributed by atoms with van der Waals surface area (Å²) >= 11 is 0. The van der Waals surface area contributed by atoms with E-state index in [1.165, 1.54) is 5.56 Å². The van der Waals surface area contributed by atoms with E-state index >= 15 is 0 Å². The van der Waals surface area contributed by atoms with Crippen LogP contribution in [0.2, 0.25) is 19.6 Å². The van der Waals surface area contributed by atoms with Gasteiger partial charge in [-0.2, -0.15) is 0 Å². The van der Waals surface area contributed by atoms with Crippen LogP contribution in [0.3, 0.4) is 0 Å². The molecule has 0 aromatic heterocycles. The summed E-state index contributed by atoms with van der Waals surface area (Å²) in [6.45, 7) is 9.19. The van der Waals surface area contributed by atoms with Gasteiger partial charge in [-0.3, -0.25) is 9.69 Å². The van der Waals surface area contributed by atoms with Gasteiger partial charge >= 0.3 is 5.97 Å². The summed E-state index contributed by atoms with van der Waals surface area (Å²) in [5.41, 5.74) is 5.66. The van der Waals surface area contributed by atoms with Crippen LogP contribution in [0.5, 0.6) is 0 Å². The normalized spacial score (nSPS) is 19.3. The fraction of sp³-hybridized carbons (Fsp3) is 0.500. The molecular weight excluding hydrogens is 290 g/mol. The van der Waals surface area contributed by atoms with Crippen molar-refractivity contribution in [2.45, 2.75) is 39.0 Å². The Morgan fingerprint density at radius 3 is 2.59 bits per heavy atom. The quantitative estimate of drug-likeness (QED) is 0.688. The summed E-state index contributed by atoms with van der Waals surface area (Å²) in [5.74, 6) is 2.38. The van der Waals surface area contributed by atoms with Crippen LogP contribution >= 0.6 is 0 Å². The van der Waals surface area contributed by atoms with Crippen LogP contribution in [0, 0.1) is 17.4 Å². The van der Waals surface area contributed by atoms with E-state index in [9.17, 15) is 4.79 Å². The van der Waals surface area contributed by atoms with E-state index in [0.717, 1.165) is 31.5 Å². The Balaban J connectivity index is 1.96. The Labute approximate surface area is 134 Å². The number of rotatable bonds is 3. The zero-order chi connectivity index (χ0) is 16.2. The molecule has 0 bridgehead atoms. The van der Waals surface area contributed by atoms with Crippen LogP contribution < -0.4 is 0 Å². The van der Waals surface area contributed by atoms with E-state index in [1.54, 1.807) is 0 Å². The van der Waals surface area contributed by atoms with Crippen molar-refractivity contribution >= 4 is 14.0 Å². The molecular formula is C18H25NO2Si. The molecule has 1 aromatic rings. The second-order valence-corrected chi connectivity index (χ2v) is 11.9. The first-order chi connectivity index (χ1) is 10.3. The monoisotopic (exact) mass is 315 g/mol. The van der Waals surface area contributed by atoms with Gasteiger partial charge in [-0.25, -0.2) is 0 Å². The van der Waals surface area contributed by atoms with Gasteiger partial charge < -0.3 is 5.11 Å². The minimum absolute atomic E-state index is 0.212. The third kappa shape index (κ3) is 5.32. The van der Waals surface area contributed by atoms with Crippen molar-refractivity contribution in [1.82, 2.24) is 4.90 Å². The van der Waals surface area contributed by atoms with E-state index in [1.807, 2.05) is 0 Å². The number of hydrogen-bond acceptors (Lipinski definition) is 2. The molecule has 2 rings (SSSR count). The van der Waals surface area contributed by atoms with Crippen molar-refractivity contribution in [3.05, 3.63) is 35.4 Å². The number of carboxylic acids is 1. The van der Waals surface area contributed by atoms with Crippen molar-refractivity contribution in [2.24, 2.45) is 5.92 Å². The zero-order valence-corrected chi connectivity index (χ0v) is 14.7. The predicted octanol–water partition coefficient (Wildman–Crippen LogP) is 3.21. The molecule has 118 valence electrons. The zero-order valence-electron chi connectivity index (χ0n) is 13.7. The Bertz CT molecular complexity index is 578. The van der Waals surface area contributed by atoms with E-state index in [2.05, 4.69) is 60.3 Å². The summed E-state index contributed by atoms with van der Waals surface area (Å²) in [6.07, 6.45) is 1.77. The smallest absolute Gasteiger partial charge is 0.307 e. The highest BCUT2D eigenvalue weighted by Gasteiger charge is 2.25. The average molecular weight is 315 g/mol. The minimum atomic E-state index is -1.33. The molecule has 4 heteroatoms. The summed E-state index contributed by atoms with van der Waals surface area (Å²) in [4.78, 5) is 13.4. The SMILES string of the molecule is C[Si](C)(C)C#Cc1ccc(CN2CCCC(C(=O)O)C2)cc1. The molecule has 1 aromatic carbocycles. The maximum Gasteiger partial charge on any atom is 0.307 e. The Morgan fingerprint density at radius 1 is 1.32 bits per heavy atom. The lowest BCUT2D eigenvalue weighted by Gasteiger charge is -2.30. The molecule has 0 spiro atoms. The van der Waals surface area contributed by atoms with Gasteiger partial charge in [0.25, 0.3) is 0 Å². The van der Waals surface area contributed by atoms with Crippen LogP contribution in [0.15, 0.2) is 24.3 Å². The van der Waals surface area contributed by atoms with E-state index in [4.69, 9.17) is 5.11 Å². The summed E-state index contributed by atoms with van der Waals surface area (Å²) < 4.78 is 0. The predicted molar refractivity (Wildman–Crippen MR) is 92.3 cm³/mol. The van der Waals surface area contributed by atoms with Crippen molar-refractivity contribution in [3.63, 3.8) is 0 Å². The van der Waals surface area contributed by atoms with Gasteiger partial charge in [-0.05, 0) is 37.1 Å². The lowest BCUT2D eigenvalue weighted by atomic mass is 9.98. The topological polar surface area (TPSA) is 40.5 Å². The molecule has 1 aliphatic heterocycles. The van der Waals surface area contributed by atoms with E-state index in [0.29, 0.717) is 6.54 Å². The van der Waals surface area contributed by atoms with Crippen LogP contribution in [0.25, 0.3) is 0 Å². The fourth-order valence-corrected chi connectivity index (χ4v) is 3.13. The second-order valence-electron chi connectivity index (χ2n) is 7.11. The van der Waals surface area contributed by atoms with Crippen molar-refractivity contribution in [3.8, 4) is 11.5 Å². The van der Waals surface area contributed by atoms with Crippen molar-refractivity contribution < 1.29 is 9.90 Å². The van der Waals surface area contributed by atoms with E-state index < -0.39 is 14.0 Å². The number of nitrogens with zero attached hydrogens (tertiary/aromatic N) is 1. The van der Waals surface area contributed by atoms with Gasteiger partial charge in [-0.15, -0.1) is 5.54 Å². The molecule has 0 radical (unpaired) electrons. The molecule has 0 saturated carbocycles. The van der Waals surface area contributed by atoms with Gasteiger partial charge in [0.05, 0.1) is 5.92 Å². The molecule has 1 atom stereocenters. The molecule has 1 heterocycles. The largest absolute Gasteiger partial charge is 0.481 e. The van der Waals surface area contributed by atoms with Crippen molar-refractivity contribution in [2.75, 3.05) is 13.1 Å². The molecule has 1 fully saturated rings. The lowest BCUT2D eigenvalue weighted by Crippen LogP contribution is -2.38. The number of carbonyl (C=O) groups is 1. The van der Waals surface area contributed by atoms with Gasteiger partial charge in [0.15, 0.2) is 0 Å². The molecule has 22 heavy (non-hydrogen) atoms. The van der Waals surface area contributed by atoms with Gasteiger partial charge in [0.1, 0.15) is 8.07 Å². The van der Waals surface area contributed by atoms with Crippen LogP contribution in [0.4, 0.5) is 0 Å². The molecule has 1 unspecified atom stereocenters. The number of piperidine rings is 1. The fourth-order valence-electron chi connectivity index (χ4n) is 2.61. The average Bonchev–Trinajstić information content (AvgIpc) is 2.46. The van der Waals surface area contributed by atoms with Crippen LogP contribution in [0.1, 0.15) is 24.0 Å². The highest BCUT2D eigenvalue weighted by molar-refractivity contribution is 6.83. The molecule has 1 saturated heterocycles. The first-order valence-electron chi connectivity index (χ1n) is 7.91. The highest BCUT2D eigenvalue weighted by atomic mass is 28.3. The van der Waals surface area contributed by atoms with Gasteiger partial charge in [0.2, 0.25) is 0 Å². The Hall–Kier alpha value is -1.57. The third-order valence-corrected chi connectivity index (χ3v) is 4.67. The Kier molecular flexibility index (Phi) is 5.44. The summed E-state index contributed by atoms with van der Waals surface area (Å²) in [5, 5.41) is 9.14. The Morgan fingerprint density at radius 2 is 2.00 bits per heavy atom. The number of aliphatic carboxylic acids is 1. The molecule has 0 amide bonds. The van der Waals surface area contributed by atoms with Crippen LogP contribution in [-0.4, -0.2) is 37.1 Å². The highest BCUT2D eigenvalue weighted by Crippen LogP contribution is 2.19. The number of benzene rings is 1. The molecule has 1 aliphatic rings. The van der Waals surface area contributed by atoms with Crippen LogP contribution in [-0.2, 0) is 11.3 Å². The lowest BCUT2D eigenvalue weighted by molar-refractivity contribution is -0.143. The number of hydrogen-bond donors (Lipinski definition) is 1. The first kappa shape index (κ1) is 16.8. The maximum absolute atomic E-state index is 11.1. The number of carboxylic acid groups (broad SMARTS) is 1. The molecule has 1 N–H and O–H groups in total. The summed E-state index contributed by atoms with van der Waals surface area (Å²) in [6, 6.07) is 8.36. The van der Waals surface area contributed by atoms with E-state index in [-0.39, 0.29) is 5.92 Å². The molecule has 0 aliphatic carbocycles. The van der Waals surface area contributed by atoms with Gasteiger partial charge in [0, 0.05) is 18.7 Å². The molecule has 3 nitrogen and oxygen atoms in total. The van der Waals surface area contributed by atoms with Gasteiger partial charge in [-0.1, -0.05) is 37.7 Å². The standard InChI is InChI=1S/C18H25NO2Si/c1-22(2,3)12-10-15-6-8-16(9-7-15)13-19-11-4-5-17(14-19)18(20)21/h6-9,17H,4-5,11,13-14H2,1-3H3,(H,20,21). The minimum Gasteiger partial charge on any atom is -0.481 e.